The molecule has 29 heavy (non-hydrogen) atoms. The van der Waals surface area contributed by atoms with E-state index in [1.54, 1.807) is 36.9 Å². The molecule has 0 atom stereocenters. The summed E-state index contributed by atoms with van der Waals surface area (Å²) in [4.78, 5) is 28.6. The van der Waals surface area contributed by atoms with E-state index in [1.165, 1.54) is 6.07 Å². The molecule has 0 spiro atoms. The monoisotopic (exact) mass is 400 g/mol. The van der Waals surface area contributed by atoms with Crippen molar-refractivity contribution < 1.29 is 19.0 Å². The van der Waals surface area contributed by atoms with Crippen LogP contribution in [0.4, 0.5) is 5.69 Å². The van der Waals surface area contributed by atoms with Gasteiger partial charge in [-0.25, -0.2) is 9.50 Å². The SMILES string of the molecule is COCCOc1cc(NC(=O)Cc2c(C)nc3cc(=O)[nH]n3c2C)ccc1OC. The number of anilines is 1. The molecule has 1 amide bonds. The number of nitrogens with one attached hydrogen (secondary N) is 2. The molecule has 2 heterocycles. The lowest BCUT2D eigenvalue weighted by molar-refractivity contribution is -0.115. The van der Waals surface area contributed by atoms with Crippen molar-refractivity contribution in [3.05, 3.63) is 51.6 Å². The Morgan fingerprint density at radius 2 is 1.97 bits per heavy atom. The number of hydrogen-bond donors (Lipinski definition) is 2. The molecule has 2 N–H and O–H groups in total. The highest BCUT2D eigenvalue weighted by Gasteiger charge is 2.15. The molecule has 0 radical (unpaired) electrons. The molecule has 0 unspecified atom stereocenters. The number of carbonyl (C=O) groups is 1. The zero-order valence-corrected chi connectivity index (χ0v) is 16.9. The molecule has 0 saturated carbocycles. The van der Waals surface area contributed by atoms with Crippen molar-refractivity contribution in [2.24, 2.45) is 0 Å². The van der Waals surface area contributed by atoms with Crippen LogP contribution in [0.1, 0.15) is 17.0 Å². The second kappa shape index (κ2) is 8.78. The Labute approximate surface area is 167 Å². The fraction of sp³-hybridized carbons (Fsp3) is 0.350. The summed E-state index contributed by atoms with van der Waals surface area (Å²) in [5.74, 6) is 0.875. The third-order valence-corrected chi connectivity index (χ3v) is 4.53. The molecule has 0 aliphatic rings. The molecule has 0 fully saturated rings. The van der Waals surface area contributed by atoms with Gasteiger partial charge in [0.15, 0.2) is 17.1 Å². The summed E-state index contributed by atoms with van der Waals surface area (Å²) in [5, 5.41) is 5.55. The number of fused-ring (bicyclic) bond motifs is 1. The topological polar surface area (TPSA) is 107 Å². The molecule has 0 bridgehead atoms. The molecule has 3 rings (SSSR count). The molecular weight excluding hydrogens is 376 g/mol. The number of nitrogens with zero attached hydrogens (tertiary/aromatic N) is 2. The van der Waals surface area contributed by atoms with Crippen LogP contribution in [0.15, 0.2) is 29.1 Å². The Kier molecular flexibility index (Phi) is 6.18. The number of aromatic nitrogens is 3. The Morgan fingerprint density at radius 1 is 1.17 bits per heavy atom. The molecule has 9 nitrogen and oxygen atoms in total. The lowest BCUT2D eigenvalue weighted by atomic mass is 10.1. The van der Waals surface area contributed by atoms with E-state index in [2.05, 4.69) is 15.4 Å². The van der Waals surface area contributed by atoms with Crippen molar-refractivity contribution in [3.63, 3.8) is 0 Å². The van der Waals surface area contributed by atoms with Crippen LogP contribution in [0.3, 0.4) is 0 Å². The summed E-state index contributed by atoms with van der Waals surface area (Å²) in [7, 11) is 3.15. The van der Waals surface area contributed by atoms with Crippen molar-refractivity contribution >= 4 is 17.2 Å². The second-order valence-corrected chi connectivity index (χ2v) is 6.51. The van der Waals surface area contributed by atoms with Crippen LogP contribution in [0.5, 0.6) is 11.5 Å². The van der Waals surface area contributed by atoms with Crippen LogP contribution >= 0.6 is 0 Å². The van der Waals surface area contributed by atoms with Gasteiger partial charge in [-0.3, -0.25) is 14.7 Å². The van der Waals surface area contributed by atoms with E-state index in [0.29, 0.717) is 41.7 Å². The maximum Gasteiger partial charge on any atom is 0.266 e. The molecule has 0 aliphatic carbocycles. The molecule has 1 aromatic carbocycles. The zero-order chi connectivity index (χ0) is 21.0. The maximum atomic E-state index is 12.6. The lowest BCUT2D eigenvalue weighted by Crippen LogP contribution is -2.18. The number of H-pyrrole nitrogens is 1. The van der Waals surface area contributed by atoms with Crippen molar-refractivity contribution in [1.82, 2.24) is 14.6 Å². The molecule has 154 valence electrons. The minimum atomic E-state index is -0.235. The van der Waals surface area contributed by atoms with Crippen molar-refractivity contribution in [1.29, 1.82) is 0 Å². The van der Waals surface area contributed by atoms with Gasteiger partial charge >= 0.3 is 0 Å². The largest absolute Gasteiger partial charge is 0.493 e. The fourth-order valence-corrected chi connectivity index (χ4v) is 3.08. The van der Waals surface area contributed by atoms with Gasteiger partial charge in [0.25, 0.3) is 5.56 Å². The van der Waals surface area contributed by atoms with Crippen molar-refractivity contribution in [2.45, 2.75) is 20.3 Å². The zero-order valence-electron chi connectivity index (χ0n) is 16.9. The predicted molar refractivity (Wildman–Crippen MR) is 108 cm³/mol. The maximum absolute atomic E-state index is 12.6. The second-order valence-electron chi connectivity index (χ2n) is 6.51. The van der Waals surface area contributed by atoms with Gasteiger partial charge in [-0.2, -0.15) is 0 Å². The van der Waals surface area contributed by atoms with Gasteiger partial charge in [0.05, 0.1) is 20.1 Å². The number of carbonyl (C=O) groups excluding carboxylic acids is 1. The standard InChI is InChI=1S/C20H24N4O5/c1-12-15(13(2)24-18(21-12)11-20(26)23-24)10-19(25)22-14-5-6-16(28-4)17(9-14)29-8-7-27-3/h5-6,9,11H,7-8,10H2,1-4H3,(H,22,25)(H,23,26). The molecule has 0 saturated heterocycles. The Balaban J connectivity index is 1.78. The summed E-state index contributed by atoms with van der Waals surface area (Å²) in [6.45, 7) is 4.47. The van der Waals surface area contributed by atoms with E-state index in [0.717, 1.165) is 11.3 Å². The summed E-state index contributed by atoms with van der Waals surface area (Å²) in [5.41, 5.74) is 3.11. The highest BCUT2D eigenvalue weighted by Crippen LogP contribution is 2.30. The number of rotatable bonds is 8. The predicted octanol–water partition coefficient (Wildman–Crippen LogP) is 1.85. The average Bonchev–Trinajstić information content (AvgIpc) is 3.06. The van der Waals surface area contributed by atoms with E-state index >= 15 is 0 Å². The van der Waals surface area contributed by atoms with Gasteiger partial charge in [0.1, 0.15) is 6.61 Å². The van der Waals surface area contributed by atoms with E-state index in [9.17, 15) is 9.59 Å². The van der Waals surface area contributed by atoms with Gasteiger partial charge < -0.3 is 19.5 Å². The average molecular weight is 400 g/mol. The van der Waals surface area contributed by atoms with Gasteiger partial charge in [0.2, 0.25) is 5.91 Å². The normalized spacial score (nSPS) is 10.9. The van der Waals surface area contributed by atoms with Gasteiger partial charge in [-0.05, 0) is 26.0 Å². The summed E-state index contributed by atoms with van der Waals surface area (Å²) < 4.78 is 17.5. The van der Waals surface area contributed by atoms with Crippen LogP contribution in [-0.4, -0.2) is 47.9 Å². The summed E-state index contributed by atoms with van der Waals surface area (Å²) >= 11 is 0. The Morgan fingerprint density at radius 3 is 2.69 bits per heavy atom. The van der Waals surface area contributed by atoms with Crippen LogP contribution in [-0.2, 0) is 16.0 Å². The van der Waals surface area contributed by atoms with Crippen molar-refractivity contribution in [3.8, 4) is 11.5 Å². The third kappa shape index (κ3) is 4.57. The fourth-order valence-electron chi connectivity index (χ4n) is 3.08. The summed E-state index contributed by atoms with van der Waals surface area (Å²) in [6, 6.07) is 6.60. The Hall–Kier alpha value is -3.33. The number of amides is 1. The number of aryl methyl sites for hydroxylation is 2. The lowest BCUT2D eigenvalue weighted by Gasteiger charge is -2.14. The van der Waals surface area contributed by atoms with Crippen LogP contribution in [0.25, 0.3) is 5.65 Å². The number of methoxy groups -OCH3 is 2. The van der Waals surface area contributed by atoms with Gasteiger partial charge in [0, 0.05) is 41.9 Å². The van der Waals surface area contributed by atoms with Crippen molar-refractivity contribution in [2.75, 3.05) is 32.8 Å². The highest BCUT2D eigenvalue weighted by molar-refractivity contribution is 5.92. The molecule has 3 aromatic rings. The first kappa shape index (κ1) is 20.4. The molecular formula is C20H24N4O5. The minimum Gasteiger partial charge on any atom is -0.493 e. The first-order chi connectivity index (χ1) is 13.9. The first-order valence-electron chi connectivity index (χ1n) is 9.10. The molecule has 2 aromatic heterocycles. The van der Waals surface area contributed by atoms with Gasteiger partial charge in [-0.1, -0.05) is 0 Å². The van der Waals surface area contributed by atoms with Crippen LogP contribution in [0, 0.1) is 13.8 Å². The third-order valence-electron chi connectivity index (χ3n) is 4.53. The molecule has 0 aliphatic heterocycles. The van der Waals surface area contributed by atoms with Gasteiger partial charge in [-0.15, -0.1) is 0 Å². The summed E-state index contributed by atoms with van der Waals surface area (Å²) in [6.07, 6.45) is 0.118. The number of hydrogen-bond acceptors (Lipinski definition) is 6. The minimum absolute atomic E-state index is 0.118. The Bertz CT molecular complexity index is 1090. The first-order valence-corrected chi connectivity index (χ1v) is 9.10. The van der Waals surface area contributed by atoms with Crippen LogP contribution < -0.4 is 20.3 Å². The van der Waals surface area contributed by atoms with Crippen LogP contribution in [0.2, 0.25) is 0 Å². The van der Waals surface area contributed by atoms with E-state index < -0.39 is 0 Å². The number of benzene rings is 1. The smallest absolute Gasteiger partial charge is 0.266 e. The highest BCUT2D eigenvalue weighted by atomic mass is 16.5. The number of ether oxygens (including phenoxy) is 3. The number of aromatic amines is 1. The van der Waals surface area contributed by atoms with E-state index in [1.807, 2.05) is 13.8 Å². The molecule has 9 heteroatoms. The van der Waals surface area contributed by atoms with E-state index in [4.69, 9.17) is 14.2 Å². The van der Waals surface area contributed by atoms with E-state index in [-0.39, 0.29) is 17.9 Å². The quantitative estimate of drug-likeness (QED) is 0.559.